The zero-order valence-corrected chi connectivity index (χ0v) is 13.9. The molecule has 6 heteroatoms. The first-order valence-electron chi connectivity index (χ1n) is 7.05. The van der Waals surface area contributed by atoms with Gasteiger partial charge in [0.15, 0.2) is 5.16 Å². The van der Waals surface area contributed by atoms with Gasteiger partial charge >= 0.3 is 0 Å². The van der Waals surface area contributed by atoms with Crippen molar-refractivity contribution in [2.75, 3.05) is 12.8 Å². The van der Waals surface area contributed by atoms with Crippen molar-refractivity contribution in [1.29, 1.82) is 0 Å². The lowest BCUT2D eigenvalue weighted by molar-refractivity contribution is -0.127. The number of hydrogen-bond acceptors (Lipinski definition) is 4. The first-order valence-corrected chi connectivity index (χ1v) is 8.04. The molecule has 0 aliphatic rings. The summed E-state index contributed by atoms with van der Waals surface area (Å²) in [6, 6.07) is 8.07. The Morgan fingerprint density at radius 1 is 1.41 bits per heavy atom. The Morgan fingerprint density at radius 2 is 2.14 bits per heavy atom. The Labute approximate surface area is 135 Å². The third kappa shape index (κ3) is 3.90. The summed E-state index contributed by atoms with van der Waals surface area (Å²) >= 11 is 1.38. The highest BCUT2D eigenvalue weighted by Gasteiger charge is 2.13. The minimum atomic E-state index is -0.0504. The van der Waals surface area contributed by atoms with Gasteiger partial charge in [-0.2, -0.15) is 0 Å². The highest BCUT2D eigenvalue weighted by Crippen LogP contribution is 2.18. The van der Waals surface area contributed by atoms with Gasteiger partial charge in [-0.05, 0) is 18.1 Å². The Kier molecular flexibility index (Phi) is 5.63. The van der Waals surface area contributed by atoms with Gasteiger partial charge in [0.25, 0.3) is 0 Å². The number of aliphatic hydroxyl groups is 1. The number of carbonyl (C=O) groups excluding carboxylic acids is 1. The topological polar surface area (TPSA) is 58.4 Å². The number of imidazole rings is 1. The van der Waals surface area contributed by atoms with Crippen LogP contribution in [0.5, 0.6) is 0 Å². The molecule has 0 aliphatic carbocycles. The van der Waals surface area contributed by atoms with Crippen LogP contribution in [0.25, 0.3) is 0 Å². The average Bonchev–Trinajstić information content (AvgIpc) is 2.87. The summed E-state index contributed by atoms with van der Waals surface area (Å²) in [5.74, 6) is 0.389. The zero-order valence-electron chi connectivity index (χ0n) is 13.1. The van der Waals surface area contributed by atoms with Crippen molar-refractivity contribution in [2.45, 2.75) is 25.2 Å². The Bertz CT molecular complexity index is 655. The number of benzene rings is 1. The molecular formula is C16H21N3O2S. The van der Waals surface area contributed by atoms with Crippen molar-refractivity contribution in [2.24, 2.45) is 7.05 Å². The number of rotatable bonds is 6. The standard InChI is InChI=1S/C16H21N3O2S/c1-12-6-4-5-7-13(12)9-18(2)15(21)11-22-16-17-8-14(10-20)19(16)3/h4-8,20H,9-11H2,1-3H3. The maximum Gasteiger partial charge on any atom is 0.233 e. The van der Waals surface area contributed by atoms with E-state index in [2.05, 4.69) is 4.98 Å². The molecule has 1 aromatic carbocycles. The molecule has 0 radical (unpaired) electrons. The van der Waals surface area contributed by atoms with E-state index in [1.165, 1.54) is 17.3 Å². The largest absolute Gasteiger partial charge is 0.390 e. The molecule has 0 aliphatic heterocycles. The number of thioether (sulfide) groups is 1. The molecule has 0 saturated heterocycles. The molecule has 0 saturated carbocycles. The third-order valence-electron chi connectivity index (χ3n) is 3.62. The van der Waals surface area contributed by atoms with E-state index >= 15 is 0 Å². The summed E-state index contributed by atoms with van der Waals surface area (Å²) in [7, 11) is 3.65. The number of amides is 1. The minimum absolute atomic E-state index is 0.0504. The quantitative estimate of drug-likeness (QED) is 0.827. The van der Waals surface area contributed by atoms with E-state index in [0.29, 0.717) is 12.3 Å². The van der Waals surface area contributed by atoms with E-state index in [-0.39, 0.29) is 12.5 Å². The number of aromatic nitrogens is 2. The van der Waals surface area contributed by atoms with Crippen molar-refractivity contribution in [3.8, 4) is 0 Å². The average molecular weight is 319 g/mol. The zero-order chi connectivity index (χ0) is 16.1. The van der Waals surface area contributed by atoms with Crippen LogP contribution in [-0.2, 0) is 25.0 Å². The van der Waals surface area contributed by atoms with Gasteiger partial charge in [0.05, 0.1) is 24.3 Å². The van der Waals surface area contributed by atoms with Gasteiger partial charge in [0.1, 0.15) is 0 Å². The number of nitrogens with zero attached hydrogens (tertiary/aromatic N) is 3. The van der Waals surface area contributed by atoms with Crippen LogP contribution in [0.2, 0.25) is 0 Å². The van der Waals surface area contributed by atoms with Crippen LogP contribution in [0.15, 0.2) is 35.6 Å². The van der Waals surface area contributed by atoms with Crippen molar-refractivity contribution < 1.29 is 9.90 Å². The molecular weight excluding hydrogens is 298 g/mol. The molecule has 0 fully saturated rings. The second kappa shape index (κ2) is 7.47. The van der Waals surface area contributed by atoms with Crippen molar-refractivity contribution in [3.05, 3.63) is 47.3 Å². The molecule has 5 nitrogen and oxygen atoms in total. The Morgan fingerprint density at radius 3 is 2.77 bits per heavy atom. The molecule has 1 N–H and O–H groups in total. The SMILES string of the molecule is Cc1ccccc1CN(C)C(=O)CSc1ncc(CO)n1C. The smallest absolute Gasteiger partial charge is 0.233 e. The molecule has 0 spiro atoms. The highest BCUT2D eigenvalue weighted by molar-refractivity contribution is 7.99. The van der Waals surface area contributed by atoms with Crippen LogP contribution in [0.1, 0.15) is 16.8 Å². The van der Waals surface area contributed by atoms with Gasteiger partial charge in [-0.25, -0.2) is 4.98 Å². The van der Waals surface area contributed by atoms with Gasteiger partial charge in [-0.1, -0.05) is 36.0 Å². The lowest BCUT2D eigenvalue weighted by Gasteiger charge is -2.18. The molecule has 2 aromatic rings. The monoisotopic (exact) mass is 319 g/mol. The summed E-state index contributed by atoms with van der Waals surface area (Å²) in [4.78, 5) is 18.2. The molecule has 0 bridgehead atoms. The summed E-state index contributed by atoms with van der Waals surface area (Å²) in [6.07, 6.45) is 1.63. The molecule has 0 unspecified atom stereocenters. The lowest BCUT2D eigenvalue weighted by atomic mass is 10.1. The molecule has 1 aromatic heterocycles. The lowest BCUT2D eigenvalue weighted by Crippen LogP contribution is -2.28. The van der Waals surface area contributed by atoms with E-state index in [1.807, 2.05) is 45.3 Å². The summed E-state index contributed by atoms with van der Waals surface area (Å²) in [6.45, 7) is 2.60. The molecule has 1 amide bonds. The fraction of sp³-hybridized carbons (Fsp3) is 0.375. The van der Waals surface area contributed by atoms with E-state index in [4.69, 9.17) is 5.11 Å². The molecule has 118 valence electrons. The van der Waals surface area contributed by atoms with Crippen LogP contribution in [0, 0.1) is 6.92 Å². The van der Waals surface area contributed by atoms with Gasteiger partial charge in [-0.3, -0.25) is 4.79 Å². The van der Waals surface area contributed by atoms with Crippen LogP contribution < -0.4 is 0 Å². The maximum absolute atomic E-state index is 12.2. The van der Waals surface area contributed by atoms with E-state index in [1.54, 1.807) is 15.7 Å². The predicted molar refractivity (Wildman–Crippen MR) is 87.5 cm³/mol. The van der Waals surface area contributed by atoms with Crippen LogP contribution in [0.4, 0.5) is 0 Å². The number of aryl methyl sites for hydroxylation is 1. The summed E-state index contributed by atoms with van der Waals surface area (Å²) in [5.41, 5.74) is 3.08. The first-order chi connectivity index (χ1) is 10.5. The van der Waals surface area contributed by atoms with E-state index in [9.17, 15) is 4.79 Å². The first kappa shape index (κ1) is 16.6. The third-order valence-corrected chi connectivity index (χ3v) is 4.65. The Hall–Kier alpha value is -1.79. The fourth-order valence-electron chi connectivity index (χ4n) is 2.07. The number of hydrogen-bond donors (Lipinski definition) is 1. The van der Waals surface area contributed by atoms with Gasteiger partial charge in [-0.15, -0.1) is 0 Å². The van der Waals surface area contributed by atoms with E-state index < -0.39 is 0 Å². The van der Waals surface area contributed by atoms with Crippen LogP contribution in [-0.4, -0.2) is 38.3 Å². The van der Waals surface area contributed by atoms with Gasteiger partial charge < -0.3 is 14.6 Å². The van der Waals surface area contributed by atoms with Crippen molar-refractivity contribution >= 4 is 17.7 Å². The highest BCUT2D eigenvalue weighted by atomic mass is 32.2. The normalized spacial score (nSPS) is 10.7. The molecule has 22 heavy (non-hydrogen) atoms. The van der Waals surface area contributed by atoms with Crippen molar-refractivity contribution in [1.82, 2.24) is 14.5 Å². The second-order valence-electron chi connectivity index (χ2n) is 5.21. The molecule has 1 heterocycles. The summed E-state index contributed by atoms with van der Waals surface area (Å²) in [5, 5.41) is 9.88. The Balaban J connectivity index is 1.91. The maximum atomic E-state index is 12.2. The fourth-order valence-corrected chi connectivity index (χ4v) is 2.99. The predicted octanol–water partition coefficient (Wildman–Crippen LogP) is 1.97. The van der Waals surface area contributed by atoms with Gasteiger partial charge in [0, 0.05) is 20.6 Å². The minimum Gasteiger partial charge on any atom is -0.390 e. The van der Waals surface area contributed by atoms with Crippen molar-refractivity contribution in [3.63, 3.8) is 0 Å². The van der Waals surface area contributed by atoms with Crippen LogP contribution >= 0.6 is 11.8 Å². The number of aliphatic hydroxyl groups excluding tert-OH is 1. The van der Waals surface area contributed by atoms with E-state index in [0.717, 1.165) is 16.4 Å². The second-order valence-corrected chi connectivity index (χ2v) is 6.16. The summed E-state index contributed by atoms with van der Waals surface area (Å²) < 4.78 is 1.80. The van der Waals surface area contributed by atoms with Gasteiger partial charge in [0.2, 0.25) is 5.91 Å². The molecule has 0 atom stereocenters. The molecule has 2 rings (SSSR count). The van der Waals surface area contributed by atoms with Crippen LogP contribution in [0.3, 0.4) is 0 Å². The number of carbonyl (C=O) groups is 1.